The monoisotopic (exact) mass is 703 g/mol. The van der Waals surface area contributed by atoms with Gasteiger partial charge < -0.3 is 26.0 Å². The van der Waals surface area contributed by atoms with E-state index in [9.17, 15) is 27.6 Å². The van der Waals surface area contributed by atoms with Crippen LogP contribution in [0.2, 0.25) is 0 Å². The van der Waals surface area contributed by atoms with E-state index in [1.54, 1.807) is 30.4 Å². The van der Waals surface area contributed by atoms with Gasteiger partial charge in [0.05, 0.1) is 53.5 Å². The van der Waals surface area contributed by atoms with E-state index in [4.69, 9.17) is 10.5 Å². The maximum absolute atomic E-state index is 13.8. The third kappa shape index (κ3) is 8.63. The van der Waals surface area contributed by atoms with Gasteiger partial charge in [0.15, 0.2) is 5.82 Å². The number of nitrogens with one attached hydrogen (secondary N) is 2. The number of nitrogens with two attached hydrogens (primary N) is 1. The number of rotatable bonds is 10. The summed E-state index contributed by atoms with van der Waals surface area (Å²) < 4.78 is 45.1. The molecule has 11 nitrogen and oxygen atoms in total. The minimum Gasteiger partial charge on any atom is -0.379 e. The molecule has 3 heterocycles. The first kappa shape index (κ1) is 35.7. The topological polar surface area (TPSA) is 143 Å². The van der Waals surface area contributed by atoms with Crippen molar-refractivity contribution in [2.75, 3.05) is 61.5 Å². The number of benzene rings is 2. The summed E-state index contributed by atoms with van der Waals surface area (Å²) in [5.41, 5.74) is 6.06. The molecule has 1 aromatic heterocycles. The van der Waals surface area contributed by atoms with E-state index in [0.717, 1.165) is 63.3 Å². The molecule has 1 atom stereocenters. The summed E-state index contributed by atoms with van der Waals surface area (Å²) in [5, 5.41) is 5.64. The molecule has 3 amide bonds. The lowest BCUT2D eigenvalue weighted by atomic mass is 9.74. The van der Waals surface area contributed by atoms with Gasteiger partial charge in [-0.15, -0.1) is 0 Å². The maximum atomic E-state index is 13.8. The third-order valence-corrected chi connectivity index (χ3v) is 9.55. The van der Waals surface area contributed by atoms with Crippen molar-refractivity contribution < 1.29 is 32.3 Å². The van der Waals surface area contributed by atoms with Crippen molar-refractivity contribution in [2.24, 2.45) is 11.1 Å². The summed E-state index contributed by atoms with van der Waals surface area (Å²) in [7, 11) is 0. The number of carbonyl (C=O) groups is 3. The number of aromatic nitrogens is 2. The molecule has 6 rings (SSSR count). The van der Waals surface area contributed by atoms with Crippen LogP contribution in [0, 0.1) is 5.41 Å². The normalized spacial score (nSPS) is 19.7. The highest BCUT2D eigenvalue weighted by Crippen LogP contribution is 2.37. The third-order valence-electron chi connectivity index (χ3n) is 9.55. The quantitative estimate of drug-likeness (QED) is 0.254. The zero-order valence-electron chi connectivity index (χ0n) is 28.0. The van der Waals surface area contributed by atoms with E-state index in [-0.39, 0.29) is 34.7 Å². The van der Waals surface area contributed by atoms with Crippen LogP contribution in [-0.4, -0.2) is 78.5 Å². The molecule has 0 spiro atoms. The van der Waals surface area contributed by atoms with Crippen LogP contribution >= 0.6 is 0 Å². The Labute approximate surface area is 293 Å². The van der Waals surface area contributed by atoms with Crippen LogP contribution in [0.3, 0.4) is 0 Å². The van der Waals surface area contributed by atoms with Gasteiger partial charge in [-0.05, 0) is 69.0 Å². The van der Waals surface area contributed by atoms with Crippen LogP contribution in [0.15, 0.2) is 78.7 Å². The van der Waals surface area contributed by atoms with Gasteiger partial charge in [0.2, 0.25) is 5.91 Å². The van der Waals surface area contributed by atoms with Gasteiger partial charge in [0.1, 0.15) is 0 Å². The fraction of sp³-hybridized carbons (Fsp3) is 0.378. The minimum absolute atomic E-state index is 0.0611. The number of primary amides is 1. The fourth-order valence-corrected chi connectivity index (χ4v) is 6.56. The van der Waals surface area contributed by atoms with Crippen LogP contribution in [0.4, 0.5) is 30.2 Å². The molecule has 0 saturated carbocycles. The number of hydrogen-bond donors (Lipinski definition) is 3. The molecular formula is C37H40F3N7O4. The Morgan fingerprint density at radius 2 is 1.67 bits per heavy atom. The summed E-state index contributed by atoms with van der Waals surface area (Å²) in [6.07, 6.45) is 6.91. The van der Waals surface area contributed by atoms with Gasteiger partial charge in [-0.2, -0.15) is 13.2 Å². The smallest absolute Gasteiger partial charge is 0.379 e. The number of halogens is 3. The number of nitrogens with zero attached hydrogens (tertiary/aromatic N) is 4. The molecule has 0 bridgehead atoms. The molecule has 268 valence electrons. The summed E-state index contributed by atoms with van der Waals surface area (Å²) in [5.74, 6) is -1.47. The highest BCUT2D eigenvalue weighted by atomic mass is 19.4. The Morgan fingerprint density at radius 3 is 2.37 bits per heavy atom. The second kappa shape index (κ2) is 15.4. The molecule has 2 aromatic carbocycles. The zero-order chi connectivity index (χ0) is 36.0. The van der Waals surface area contributed by atoms with Crippen molar-refractivity contribution in [2.45, 2.75) is 38.3 Å². The minimum atomic E-state index is -4.52. The molecule has 3 aliphatic rings. The van der Waals surface area contributed by atoms with Crippen LogP contribution in [0.1, 0.15) is 48.0 Å². The number of anilines is 3. The van der Waals surface area contributed by atoms with Crippen molar-refractivity contribution in [1.82, 2.24) is 14.9 Å². The molecule has 2 saturated heterocycles. The van der Waals surface area contributed by atoms with Crippen molar-refractivity contribution >= 4 is 34.8 Å². The summed E-state index contributed by atoms with van der Waals surface area (Å²) in [6.45, 7) is 5.04. The summed E-state index contributed by atoms with van der Waals surface area (Å²) in [4.78, 5) is 53.1. The van der Waals surface area contributed by atoms with Crippen LogP contribution in [-0.2, 0) is 20.5 Å². The SMILES string of the molecule is NC(=O)C1(CCN2CCOCC2)C=CC=C(C(=O)Nc2ccc(N3CCCCC3)cc2C(=O)Nc2cnc(-c3cccc(C(F)(F)F)c3)nc2)C1. The molecule has 2 fully saturated rings. The van der Waals surface area contributed by atoms with Gasteiger partial charge >= 0.3 is 6.18 Å². The number of ether oxygens (including phenoxy) is 1. The van der Waals surface area contributed by atoms with Gasteiger partial charge in [0, 0.05) is 43.0 Å². The molecule has 1 aliphatic carbocycles. The molecule has 4 N–H and O–H groups in total. The highest BCUT2D eigenvalue weighted by Gasteiger charge is 2.38. The molecule has 3 aromatic rings. The molecule has 2 aliphatic heterocycles. The number of alkyl halides is 3. The first-order valence-corrected chi connectivity index (χ1v) is 17.0. The maximum Gasteiger partial charge on any atom is 0.416 e. The lowest BCUT2D eigenvalue weighted by molar-refractivity contribution is -0.137. The second-order valence-electron chi connectivity index (χ2n) is 13.0. The van der Waals surface area contributed by atoms with Crippen LogP contribution < -0.4 is 21.3 Å². The fourth-order valence-electron chi connectivity index (χ4n) is 6.56. The van der Waals surface area contributed by atoms with Gasteiger partial charge in [0.25, 0.3) is 11.8 Å². The standard InChI is InChI=1S/C37H40F3N7O4/c38-37(39,40)27-8-4-6-25(20-27)32-42-23-28(24-43-32)44-34(49)30-21-29(47-13-2-1-3-14-47)9-10-31(30)45-33(48)26-7-5-11-36(22-26,35(41)50)12-15-46-16-18-51-19-17-46/h4-11,20-21,23-24H,1-3,12-19,22H2,(H2,41,50)(H,44,49)(H,45,48). The Morgan fingerprint density at radius 1 is 0.922 bits per heavy atom. The summed E-state index contributed by atoms with van der Waals surface area (Å²) in [6, 6.07) is 9.94. The molecule has 1 unspecified atom stereocenters. The van der Waals surface area contributed by atoms with Gasteiger partial charge in [-0.25, -0.2) is 9.97 Å². The van der Waals surface area contributed by atoms with Crippen LogP contribution in [0.5, 0.6) is 0 Å². The molecule has 0 radical (unpaired) electrons. The first-order chi connectivity index (χ1) is 24.5. The lowest BCUT2D eigenvalue weighted by Gasteiger charge is -2.34. The van der Waals surface area contributed by atoms with Crippen molar-refractivity contribution in [3.05, 3.63) is 89.8 Å². The molecule has 14 heteroatoms. The zero-order valence-corrected chi connectivity index (χ0v) is 28.0. The lowest BCUT2D eigenvalue weighted by Crippen LogP contribution is -2.43. The predicted octanol–water partition coefficient (Wildman–Crippen LogP) is 5.42. The Balaban J connectivity index is 1.20. The first-order valence-electron chi connectivity index (χ1n) is 17.0. The van der Waals surface area contributed by atoms with Crippen LogP contribution in [0.25, 0.3) is 11.4 Å². The van der Waals surface area contributed by atoms with E-state index < -0.39 is 34.9 Å². The average molecular weight is 704 g/mol. The molecular weight excluding hydrogens is 663 g/mol. The number of allylic oxidation sites excluding steroid dienone is 2. The average Bonchev–Trinajstić information content (AvgIpc) is 3.15. The van der Waals surface area contributed by atoms with E-state index in [1.165, 1.54) is 24.5 Å². The Hall–Kier alpha value is -5.08. The number of carbonyl (C=O) groups excluding carboxylic acids is 3. The highest BCUT2D eigenvalue weighted by molar-refractivity contribution is 6.13. The number of piperidine rings is 1. The Kier molecular flexibility index (Phi) is 10.8. The van der Waals surface area contributed by atoms with E-state index in [2.05, 4.69) is 30.4 Å². The van der Waals surface area contributed by atoms with E-state index >= 15 is 0 Å². The number of morpholine rings is 1. The summed E-state index contributed by atoms with van der Waals surface area (Å²) >= 11 is 0. The number of hydrogen-bond acceptors (Lipinski definition) is 8. The van der Waals surface area contributed by atoms with Gasteiger partial charge in [-0.3, -0.25) is 19.3 Å². The van der Waals surface area contributed by atoms with E-state index in [1.807, 2.05) is 6.07 Å². The van der Waals surface area contributed by atoms with Crippen molar-refractivity contribution in [3.8, 4) is 11.4 Å². The second-order valence-corrected chi connectivity index (χ2v) is 13.0. The van der Waals surface area contributed by atoms with Crippen molar-refractivity contribution in [3.63, 3.8) is 0 Å². The molecule has 51 heavy (non-hydrogen) atoms. The Bertz CT molecular complexity index is 1820. The van der Waals surface area contributed by atoms with Gasteiger partial charge in [-0.1, -0.05) is 30.4 Å². The van der Waals surface area contributed by atoms with E-state index in [0.29, 0.717) is 31.8 Å². The number of amides is 3. The largest absolute Gasteiger partial charge is 0.416 e. The van der Waals surface area contributed by atoms with Crippen molar-refractivity contribution in [1.29, 1.82) is 0 Å². The predicted molar refractivity (Wildman–Crippen MR) is 187 cm³/mol.